The van der Waals surface area contributed by atoms with E-state index in [2.05, 4.69) is 31.1 Å². The fraction of sp³-hybridized carbons (Fsp3) is 0.130. The first-order valence-electron chi connectivity index (χ1n) is 10.1. The molecule has 0 aliphatic rings. The highest BCUT2D eigenvalue weighted by Gasteiger charge is 2.27. The third-order valence-electron chi connectivity index (χ3n) is 5.00. The third-order valence-corrected chi connectivity index (χ3v) is 5.00. The van der Waals surface area contributed by atoms with Gasteiger partial charge in [-0.3, -0.25) is 19.1 Å². The normalized spacial score (nSPS) is 12.1. The quantitative estimate of drug-likeness (QED) is 0.307. The van der Waals surface area contributed by atoms with Gasteiger partial charge in [0.1, 0.15) is 5.69 Å². The molecular weight excluding hydrogens is 422 g/mol. The van der Waals surface area contributed by atoms with Gasteiger partial charge in [-0.15, -0.1) is 0 Å². The first-order chi connectivity index (χ1) is 15.9. The van der Waals surface area contributed by atoms with Crippen molar-refractivity contribution in [3.05, 3.63) is 93.7 Å². The van der Waals surface area contributed by atoms with Crippen LogP contribution in [0.3, 0.4) is 0 Å². The van der Waals surface area contributed by atoms with Crippen molar-refractivity contribution >= 4 is 28.8 Å². The minimum Gasteiger partial charge on any atom is -0.335 e. The molecule has 2 aromatic carbocycles. The van der Waals surface area contributed by atoms with Crippen molar-refractivity contribution < 1.29 is 9.59 Å². The highest BCUT2D eigenvalue weighted by Crippen LogP contribution is 2.20. The largest absolute Gasteiger partial charge is 0.335 e. The molecule has 0 unspecified atom stereocenters. The summed E-state index contributed by atoms with van der Waals surface area (Å²) in [5, 5.41) is 18.2. The summed E-state index contributed by atoms with van der Waals surface area (Å²) in [6.45, 7) is 1.82. The van der Waals surface area contributed by atoms with Gasteiger partial charge in [0.25, 0.3) is 17.4 Å². The van der Waals surface area contributed by atoms with Gasteiger partial charge in [0.2, 0.25) is 0 Å². The number of H-pyrrole nitrogens is 1. The van der Waals surface area contributed by atoms with Crippen LogP contribution in [0.2, 0.25) is 0 Å². The highest BCUT2D eigenvalue weighted by molar-refractivity contribution is 5.99. The van der Waals surface area contributed by atoms with Crippen molar-refractivity contribution in [2.24, 2.45) is 12.1 Å². The molecule has 2 amide bonds. The van der Waals surface area contributed by atoms with Crippen LogP contribution in [-0.4, -0.2) is 38.0 Å². The van der Waals surface area contributed by atoms with Gasteiger partial charge < -0.3 is 5.32 Å². The van der Waals surface area contributed by atoms with Crippen LogP contribution in [0.5, 0.6) is 0 Å². The number of aryl methyl sites for hydroxylation is 2. The lowest BCUT2D eigenvalue weighted by Gasteiger charge is -2.18. The van der Waals surface area contributed by atoms with E-state index in [1.54, 1.807) is 72.5 Å². The number of nitrogens with zero attached hydrogens (tertiary/aromatic N) is 4. The first-order valence-corrected chi connectivity index (χ1v) is 10.1. The summed E-state index contributed by atoms with van der Waals surface area (Å²) in [6.07, 6.45) is 3.23. The molecule has 33 heavy (non-hydrogen) atoms. The number of benzene rings is 2. The van der Waals surface area contributed by atoms with Crippen LogP contribution in [0, 0.1) is 6.92 Å². The van der Waals surface area contributed by atoms with E-state index in [0.717, 1.165) is 11.3 Å². The van der Waals surface area contributed by atoms with Crippen molar-refractivity contribution in [2.75, 3.05) is 0 Å². The zero-order chi connectivity index (χ0) is 23.4. The van der Waals surface area contributed by atoms with Crippen molar-refractivity contribution in [3.8, 4) is 0 Å². The lowest BCUT2D eigenvalue weighted by atomic mass is 10.0. The monoisotopic (exact) mass is 443 g/mol. The average Bonchev–Trinajstić information content (AvgIpc) is 3.15. The molecule has 1 atom stereocenters. The second kappa shape index (κ2) is 9.27. The van der Waals surface area contributed by atoms with E-state index in [1.165, 1.54) is 6.21 Å². The second-order valence-electron chi connectivity index (χ2n) is 7.33. The number of hydrogen-bond donors (Lipinski definition) is 3. The molecule has 4 aromatic rings. The van der Waals surface area contributed by atoms with Crippen molar-refractivity contribution in [1.29, 1.82) is 0 Å². The summed E-state index contributed by atoms with van der Waals surface area (Å²) in [5.41, 5.74) is 4.10. The number of nitrogens with one attached hydrogen (secondary N) is 3. The Labute approximate surface area is 188 Å². The molecule has 0 fully saturated rings. The summed E-state index contributed by atoms with van der Waals surface area (Å²) in [4.78, 5) is 38.2. The Kier molecular flexibility index (Phi) is 6.07. The number of aromatic amines is 1. The van der Waals surface area contributed by atoms with Gasteiger partial charge in [0, 0.05) is 29.8 Å². The van der Waals surface area contributed by atoms with Crippen LogP contribution in [0.15, 0.2) is 70.7 Å². The second-order valence-corrected chi connectivity index (χ2v) is 7.33. The summed E-state index contributed by atoms with van der Waals surface area (Å²) >= 11 is 0. The number of hydrazone groups is 1. The molecule has 2 aromatic heterocycles. The number of amides is 2. The molecule has 4 rings (SSSR count). The predicted octanol–water partition coefficient (Wildman–Crippen LogP) is 1.59. The molecule has 0 bridgehead atoms. The molecule has 0 saturated carbocycles. The van der Waals surface area contributed by atoms with E-state index in [4.69, 9.17) is 0 Å². The van der Waals surface area contributed by atoms with Gasteiger partial charge in [0.15, 0.2) is 6.04 Å². The Balaban J connectivity index is 1.68. The van der Waals surface area contributed by atoms with Gasteiger partial charge in [-0.05, 0) is 25.1 Å². The maximum Gasteiger partial charge on any atom is 0.272 e. The van der Waals surface area contributed by atoms with Gasteiger partial charge in [-0.25, -0.2) is 10.5 Å². The fourth-order valence-electron chi connectivity index (χ4n) is 3.39. The molecule has 0 aliphatic heterocycles. The topological polar surface area (TPSA) is 134 Å². The molecule has 0 radical (unpaired) electrons. The first kappa shape index (κ1) is 21.6. The van der Waals surface area contributed by atoms with Gasteiger partial charge >= 0.3 is 0 Å². The smallest absolute Gasteiger partial charge is 0.272 e. The highest BCUT2D eigenvalue weighted by atomic mass is 16.2. The summed E-state index contributed by atoms with van der Waals surface area (Å²) < 4.78 is 1.64. The number of aromatic nitrogens is 4. The molecule has 0 spiro atoms. The molecule has 166 valence electrons. The minimum absolute atomic E-state index is 0.194. The van der Waals surface area contributed by atoms with Crippen LogP contribution in [0.1, 0.15) is 33.4 Å². The SMILES string of the molecule is Cc1nn(C)cc1C=NNC(=O)[C@H](NC(=O)c1ccccc1)c1n[nH]c(=O)c2ccccc12. The van der Waals surface area contributed by atoms with Crippen molar-refractivity contribution in [3.63, 3.8) is 0 Å². The maximum absolute atomic E-state index is 13.1. The maximum atomic E-state index is 13.1. The lowest BCUT2D eigenvalue weighted by Crippen LogP contribution is -2.40. The number of carbonyl (C=O) groups excluding carboxylic acids is 2. The molecule has 3 N–H and O–H groups in total. The Morgan fingerprint density at radius 1 is 1.09 bits per heavy atom. The van der Waals surface area contributed by atoms with Crippen molar-refractivity contribution in [1.82, 2.24) is 30.7 Å². The van der Waals surface area contributed by atoms with Crippen LogP contribution < -0.4 is 16.3 Å². The van der Waals surface area contributed by atoms with Crippen LogP contribution in [-0.2, 0) is 11.8 Å². The lowest BCUT2D eigenvalue weighted by molar-refractivity contribution is -0.123. The number of carbonyl (C=O) groups is 2. The van der Waals surface area contributed by atoms with Crippen molar-refractivity contribution in [2.45, 2.75) is 13.0 Å². The van der Waals surface area contributed by atoms with E-state index in [0.29, 0.717) is 16.3 Å². The van der Waals surface area contributed by atoms with Crippen LogP contribution >= 0.6 is 0 Å². The van der Waals surface area contributed by atoms with Gasteiger partial charge in [-0.2, -0.15) is 15.3 Å². The van der Waals surface area contributed by atoms with E-state index >= 15 is 0 Å². The van der Waals surface area contributed by atoms with Crippen LogP contribution in [0.25, 0.3) is 10.8 Å². The third kappa shape index (κ3) is 4.69. The standard InChI is InChI=1S/C23H21N7O3/c1-14-16(13-30(2)29-14)12-24-27-23(33)20(25-21(31)15-8-4-3-5-9-15)19-17-10-6-7-11-18(17)22(32)28-26-19/h3-13,20H,1-2H3,(H,25,31)(H,27,33)(H,28,32)/t20-/m1/s1. The summed E-state index contributed by atoms with van der Waals surface area (Å²) in [7, 11) is 1.78. The number of rotatable bonds is 6. The predicted molar refractivity (Wildman–Crippen MR) is 123 cm³/mol. The Hall–Kier alpha value is -4.60. The summed E-state index contributed by atoms with van der Waals surface area (Å²) in [6, 6.07) is 14.0. The zero-order valence-corrected chi connectivity index (χ0v) is 17.9. The Morgan fingerprint density at radius 3 is 2.48 bits per heavy atom. The fourth-order valence-corrected chi connectivity index (χ4v) is 3.39. The Bertz CT molecular complexity index is 1410. The Morgan fingerprint density at radius 2 is 1.79 bits per heavy atom. The molecular formula is C23H21N7O3. The van der Waals surface area contributed by atoms with Crippen LogP contribution in [0.4, 0.5) is 0 Å². The van der Waals surface area contributed by atoms with Gasteiger partial charge in [0.05, 0.1) is 17.3 Å². The minimum atomic E-state index is -1.22. The number of hydrogen-bond acceptors (Lipinski definition) is 6. The zero-order valence-electron chi connectivity index (χ0n) is 17.9. The van der Waals surface area contributed by atoms with E-state index in [-0.39, 0.29) is 5.69 Å². The molecule has 2 heterocycles. The molecule has 10 nitrogen and oxygen atoms in total. The van der Waals surface area contributed by atoms with E-state index in [1.807, 2.05) is 6.92 Å². The average molecular weight is 443 g/mol. The van der Waals surface area contributed by atoms with E-state index in [9.17, 15) is 14.4 Å². The summed E-state index contributed by atoms with van der Waals surface area (Å²) in [5.74, 6) is -1.10. The molecule has 0 aliphatic carbocycles. The molecule has 10 heteroatoms. The number of fused-ring (bicyclic) bond motifs is 1. The van der Waals surface area contributed by atoms with Gasteiger partial charge in [-0.1, -0.05) is 36.4 Å². The molecule has 0 saturated heterocycles. The van der Waals surface area contributed by atoms with E-state index < -0.39 is 23.4 Å².